The van der Waals surface area contributed by atoms with Crippen LogP contribution >= 0.6 is 11.6 Å². The molecule has 3 aliphatic rings. The molecule has 0 N–H and O–H groups in total. The van der Waals surface area contributed by atoms with E-state index in [1.165, 1.54) is 11.0 Å². The summed E-state index contributed by atoms with van der Waals surface area (Å²) in [6.45, 7) is 5.64. The molecule has 3 fully saturated rings. The molecule has 3 aliphatic heterocycles. The fourth-order valence-electron chi connectivity index (χ4n) is 4.19. The minimum Gasteiger partial charge on any atom is -0.365 e. The van der Waals surface area contributed by atoms with Crippen molar-refractivity contribution in [2.75, 3.05) is 22.9 Å². The average molecular weight is 387 g/mol. The van der Waals surface area contributed by atoms with Crippen LogP contribution in [0.2, 0.25) is 5.02 Å². The van der Waals surface area contributed by atoms with E-state index >= 15 is 0 Å². The van der Waals surface area contributed by atoms with E-state index in [-0.39, 0.29) is 10.6 Å². The first kappa shape index (κ1) is 16.5. The number of halogens is 1. The van der Waals surface area contributed by atoms with Crippen LogP contribution in [0.25, 0.3) is 5.78 Å². The highest BCUT2D eigenvalue weighted by atomic mass is 35.5. The summed E-state index contributed by atoms with van der Waals surface area (Å²) in [5.41, 5.74) is 2.52. The van der Waals surface area contributed by atoms with Crippen molar-refractivity contribution in [1.29, 1.82) is 0 Å². The van der Waals surface area contributed by atoms with Gasteiger partial charge in [0.1, 0.15) is 17.2 Å². The zero-order valence-electron chi connectivity index (χ0n) is 15.3. The van der Waals surface area contributed by atoms with Crippen LogP contribution in [0.1, 0.15) is 17.7 Å². The first-order valence-electron chi connectivity index (χ1n) is 8.87. The van der Waals surface area contributed by atoms with Crippen LogP contribution in [0, 0.1) is 13.8 Å². The minimum absolute atomic E-state index is 0.231. The molecule has 140 valence electrons. The Balaban J connectivity index is 1.50. The largest absolute Gasteiger partial charge is 0.365 e. The molecule has 3 aromatic rings. The number of piperazine rings is 1. The Morgan fingerprint density at radius 3 is 2.67 bits per heavy atom. The maximum atomic E-state index is 12.1. The molecule has 0 radical (unpaired) electrons. The van der Waals surface area contributed by atoms with Crippen LogP contribution in [-0.2, 0) is 7.05 Å². The molecule has 6 rings (SSSR count). The van der Waals surface area contributed by atoms with Gasteiger partial charge in [0.25, 0.3) is 11.3 Å². The summed E-state index contributed by atoms with van der Waals surface area (Å²) in [7, 11) is 1.60. The van der Waals surface area contributed by atoms with Gasteiger partial charge in [-0.1, -0.05) is 11.6 Å². The SMILES string of the molecule is Cc1nc2ncnn2c(N2C3CC2CN(c2cnn(C)c(=O)c2Cl)C3)c1C. The lowest BCUT2D eigenvalue weighted by Gasteiger charge is -2.58. The van der Waals surface area contributed by atoms with Gasteiger partial charge in [-0.15, -0.1) is 0 Å². The van der Waals surface area contributed by atoms with Gasteiger partial charge in [0.15, 0.2) is 0 Å². The smallest absolute Gasteiger partial charge is 0.287 e. The molecule has 3 aromatic heterocycles. The molecular weight excluding hydrogens is 368 g/mol. The molecule has 2 unspecified atom stereocenters. The Kier molecular flexibility index (Phi) is 3.45. The highest BCUT2D eigenvalue weighted by Crippen LogP contribution is 2.40. The van der Waals surface area contributed by atoms with E-state index in [0.717, 1.165) is 36.6 Å². The van der Waals surface area contributed by atoms with E-state index in [1.54, 1.807) is 13.2 Å². The summed E-state index contributed by atoms with van der Waals surface area (Å²) in [4.78, 5) is 25.4. The molecule has 9 nitrogen and oxygen atoms in total. The Bertz CT molecular complexity index is 1110. The lowest BCUT2D eigenvalue weighted by atomic mass is 9.86. The molecule has 0 aromatic carbocycles. The van der Waals surface area contributed by atoms with Crippen LogP contribution in [0.3, 0.4) is 0 Å². The first-order valence-corrected chi connectivity index (χ1v) is 9.25. The number of nitrogens with zero attached hydrogens (tertiary/aromatic N) is 8. The fraction of sp³-hybridized carbons (Fsp3) is 0.471. The van der Waals surface area contributed by atoms with E-state index in [0.29, 0.717) is 23.5 Å². The van der Waals surface area contributed by atoms with Crippen molar-refractivity contribution in [3.63, 3.8) is 0 Å². The maximum absolute atomic E-state index is 12.1. The molecule has 10 heteroatoms. The Hall–Kier alpha value is -2.68. The summed E-state index contributed by atoms with van der Waals surface area (Å²) < 4.78 is 3.08. The van der Waals surface area contributed by atoms with Gasteiger partial charge in [-0.2, -0.15) is 19.7 Å². The summed E-state index contributed by atoms with van der Waals surface area (Å²) >= 11 is 6.30. The van der Waals surface area contributed by atoms with Crippen LogP contribution < -0.4 is 15.4 Å². The van der Waals surface area contributed by atoms with Crippen molar-refractivity contribution < 1.29 is 0 Å². The molecule has 27 heavy (non-hydrogen) atoms. The molecule has 2 atom stereocenters. The van der Waals surface area contributed by atoms with E-state index in [9.17, 15) is 4.79 Å². The van der Waals surface area contributed by atoms with E-state index in [2.05, 4.69) is 36.9 Å². The fourth-order valence-corrected chi connectivity index (χ4v) is 4.48. The summed E-state index contributed by atoms with van der Waals surface area (Å²) in [5.74, 6) is 1.68. The predicted molar refractivity (Wildman–Crippen MR) is 102 cm³/mol. The van der Waals surface area contributed by atoms with Crippen LogP contribution in [0.15, 0.2) is 17.3 Å². The van der Waals surface area contributed by atoms with Crippen molar-refractivity contribution in [2.24, 2.45) is 7.05 Å². The van der Waals surface area contributed by atoms with Crippen molar-refractivity contribution in [3.05, 3.63) is 39.2 Å². The number of rotatable bonds is 2. The lowest BCUT2D eigenvalue weighted by molar-refractivity contribution is 0.286. The van der Waals surface area contributed by atoms with E-state index in [4.69, 9.17) is 11.6 Å². The van der Waals surface area contributed by atoms with Crippen molar-refractivity contribution in [3.8, 4) is 0 Å². The highest BCUT2D eigenvalue weighted by Gasteiger charge is 2.47. The second kappa shape index (κ2) is 5.66. The third kappa shape index (κ3) is 2.27. The quantitative estimate of drug-likeness (QED) is 0.648. The highest BCUT2D eigenvalue weighted by molar-refractivity contribution is 6.33. The van der Waals surface area contributed by atoms with Gasteiger partial charge < -0.3 is 9.80 Å². The van der Waals surface area contributed by atoms with Gasteiger partial charge in [-0.25, -0.2) is 9.67 Å². The number of fused-ring (bicyclic) bond motifs is 3. The van der Waals surface area contributed by atoms with E-state index in [1.807, 2.05) is 11.4 Å². The topological polar surface area (TPSA) is 84.4 Å². The third-order valence-corrected chi connectivity index (χ3v) is 6.07. The van der Waals surface area contributed by atoms with Crippen LogP contribution in [0.4, 0.5) is 11.5 Å². The van der Waals surface area contributed by atoms with Gasteiger partial charge in [-0.3, -0.25) is 4.79 Å². The number of aromatic nitrogens is 6. The van der Waals surface area contributed by atoms with Gasteiger partial charge in [-0.05, 0) is 20.3 Å². The van der Waals surface area contributed by atoms with Crippen LogP contribution in [0.5, 0.6) is 0 Å². The molecule has 0 amide bonds. The Labute approximate surface area is 160 Å². The average Bonchev–Trinajstić information content (AvgIpc) is 3.11. The summed E-state index contributed by atoms with van der Waals surface area (Å²) in [5, 5.41) is 8.73. The molecule has 0 aliphatic carbocycles. The molecule has 2 bridgehead atoms. The zero-order chi connectivity index (χ0) is 18.9. The molecule has 0 spiro atoms. The number of hydrogen-bond acceptors (Lipinski definition) is 7. The Morgan fingerprint density at radius 1 is 1.19 bits per heavy atom. The lowest BCUT2D eigenvalue weighted by Crippen LogP contribution is -2.70. The number of aryl methyl sites for hydroxylation is 2. The summed E-state index contributed by atoms with van der Waals surface area (Å²) in [6.07, 6.45) is 4.32. The second-order valence-corrected chi connectivity index (χ2v) is 7.62. The minimum atomic E-state index is -0.268. The Morgan fingerprint density at radius 2 is 1.93 bits per heavy atom. The van der Waals surface area contributed by atoms with Gasteiger partial charge in [0.2, 0.25) is 0 Å². The van der Waals surface area contributed by atoms with Gasteiger partial charge in [0, 0.05) is 31.4 Å². The third-order valence-electron chi connectivity index (χ3n) is 5.71. The predicted octanol–water partition coefficient (Wildman–Crippen LogP) is 0.956. The van der Waals surface area contributed by atoms with Crippen LogP contribution in [-0.4, -0.2) is 54.5 Å². The zero-order valence-corrected chi connectivity index (χ0v) is 16.1. The van der Waals surface area contributed by atoms with Gasteiger partial charge >= 0.3 is 0 Å². The summed E-state index contributed by atoms with van der Waals surface area (Å²) in [6, 6.07) is 0.633. The number of piperidine rings is 1. The van der Waals surface area contributed by atoms with Crippen molar-refractivity contribution in [1.82, 2.24) is 29.4 Å². The van der Waals surface area contributed by atoms with Gasteiger partial charge in [0.05, 0.1) is 24.0 Å². The van der Waals surface area contributed by atoms with E-state index < -0.39 is 0 Å². The number of anilines is 2. The van der Waals surface area contributed by atoms with Crippen molar-refractivity contribution >= 4 is 28.9 Å². The normalized spacial score (nSPS) is 21.6. The molecule has 3 saturated heterocycles. The maximum Gasteiger partial charge on any atom is 0.287 e. The second-order valence-electron chi connectivity index (χ2n) is 7.25. The molecular formula is C17H19ClN8O. The standard InChI is InChI=1S/C17H19ClN8O/c1-9-10(2)22-17-19-8-21-26(17)15(9)25-11-4-12(25)7-24(6-11)13-5-20-23(3)16(27)14(13)18/h5,8,11-12H,4,6-7H2,1-3H3. The first-order chi connectivity index (χ1) is 13.0. The van der Waals surface area contributed by atoms with Crippen molar-refractivity contribution in [2.45, 2.75) is 32.4 Å². The molecule has 6 heterocycles. The number of hydrogen-bond donors (Lipinski definition) is 0. The monoisotopic (exact) mass is 386 g/mol. The molecule has 0 saturated carbocycles.